The summed E-state index contributed by atoms with van der Waals surface area (Å²) in [6.07, 6.45) is 0.505. The molecular weight excluding hydrogens is 424 g/mol. The van der Waals surface area contributed by atoms with Crippen LogP contribution < -0.4 is 16.0 Å². The van der Waals surface area contributed by atoms with Crippen molar-refractivity contribution < 1.29 is 24.3 Å². The van der Waals surface area contributed by atoms with Crippen molar-refractivity contribution in [2.75, 3.05) is 5.32 Å². The zero-order valence-corrected chi connectivity index (χ0v) is 17.0. The molecule has 1 unspecified atom stereocenters. The molecule has 4 N–H and O–H groups in total. The zero-order chi connectivity index (χ0) is 22.1. The number of amides is 5. The Kier molecular flexibility index (Phi) is 5.51. The molecule has 0 aromatic heterocycles. The molecule has 10 heteroatoms. The van der Waals surface area contributed by atoms with Crippen molar-refractivity contribution in [1.29, 1.82) is 0 Å². The fourth-order valence-electron chi connectivity index (χ4n) is 3.69. The second kappa shape index (κ2) is 8.27. The van der Waals surface area contributed by atoms with E-state index in [1.165, 1.54) is 17.0 Å². The van der Waals surface area contributed by atoms with Crippen LogP contribution in [0.25, 0.3) is 0 Å². The molecule has 2 heterocycles. The SMILES string of the molecule is O=C1CCC(N2Cc3cc(CNC(=O)Nc4ccc(Cl)c(O)c4)ccc3C2=O)C(=O)N1. The third kappa shape index (κ3) is 4.31. The number of phenols is 1. The van der Waals surface area contributed by atoms with Crippen LogP contribution in [0.3, 0.4) is 0 Å². The first kappa shape index (κ1) is 20.7. The summed E-state index contributed by atoms with van der Waals surface area (Å²) in [5.74, 6) is -1.16. The number of hydrogen-bond donors (Lipinski definition) is 4. The van der Waals surface area contributed by atoms with E-state index in [1.807, 2.05) is 6.07 Å². The van der Waals surface area contributed by atoms with Gasteiger partial charge < -0.3 is 20.6 Å². The minimum Gasteiger partial charge on any atom is -0.506 e. The summed E-state index contributed by atoms with van der Waals surface area (Å²) in [6.45, 7) is 0.482. The summed E-state index contributed by atoms with van der Waals surface area (Å²) >= 11 is 5.75. The zero-order valence-electron chi connectivity index (χ0n) is 16.3. The number of nitrogens with zero attached hydrogens (tertiary/aromatic N) is 1. The highest BCUT2D eigenvalue weighted by molar-refractivity contribution is 6.32. The molecule has 1 fully saturated rings. The number of anilines is 1. The highest BCUT2D eigenvalue weighted by atomic mass is 35.5. The number of piperidine rings is 1. The molecule has 31 heavy (non-hydrogen) atoms. The van der Waals surface area contributed by atoms with Gasteiger partial charge in [0.1, 0.15) is 11.8 Å². The van der Waals surface area contributed by atoms with E-state index in [0.29, 0.717) is 17.7 Å². The predicted octanol–water partition coefficient (Wildman–Crippen LogP) is 2.13. The van der Waals surface area contributed by atoms with Crippen molar-refractivity contribution in [1.82, 2.24) is 15.5 Å². The monoisotopic (exact) mass is 442 g/mol. The maximum atomic E-state index is 12.7. The molecule has 0 spiro atoms. The van der Waals surface area contributed by atoms with Crippen LogP contribution in [0.4, 0.5) is 10.5 Å². The van der Waals surface area contributed by atoms with Crippen molar-refractivity contribution in [3.05, 3.63) is 58.1 Å². The van der Waals surface area contributed by atoms with Crippen LogP contribution in [-0.4, -0.2) is 39.8 Å². The summed E-state index contributed by atoms with van der Waals surface area (Å²) < 4.78 is 0. The fraction of sp³-hybridized carbons (Fsp3) is 0.238. The number of fused-ring (bicyclic) bond motifs is 1. The summed E-state index contributed by atoms with van der Waals surface area (Å²) in [7, 11) is 0. The van der Waals surface area contributed by atoms with Gasteiger partial charge in [-0.3, -0.25) is 19.7 Å². The maximum absolute atomic E-state index is 12.7. The van der Waals surface area contributed by atoms with Gasteiger partial charge in [-0.05, 0) is 35.7 Å². The number of imide groups is 1. The van der Waals surface area contributed by atoms with E-state index >= 15 is 0 Å². The third-order valence-corrected chi connectivity index (χ3v) is 5.56. The van der Waals surface area contributed by atoms with E-state index in [4.69, 9.17) is 11.6 Å². The minimum absolute atomic E-state index is 0.136. The first-order valence-corrected chi connectivity index (χ1v) is 9.99. The number of rotatable bonds is 4. The molecular formula is C21H19ClN4O5. The normalized spacial score (nSPS) is 17.9. The molecule has 1 saturated heterocycles. The topological polar surface area (TPSA) is 128 Å². The molecule has 0 saturated carbocycles. The van der Waals surface area contributed by atoms with Crippen molar-refractivity contribution in [2.45, 2.75) is 32.0 Å². The Hall–Kier alpha value is -3.59. The fourth-order valence-corrected chi connectivity index (χ4v) is 3.80. The van der Waals surface area contributed by atoms with Crippen LogP contribution >= 0.6 is 11.6 Å². The van der Waals surface area contributed by atoms with E-state index in [1.54, 1.807) is 18.2 Å². The van der Waals surface area contributed by atoms with Gasteiger partial charge in [-0.15, -0.1) is 0 Å². The molecule has 5 amide bonds. The van der Waals surface area contributed by atoms with Gasteiger partial charge in [-0.25, -0.2) is 4.79 Å². The highest BCUT2D eigenvalue weighted by Crippen LogP contribution is 2.28. The van der Waals surface area contributed by atoms with Crippen LogP contribution in [0.5, 0.6) is 5.75 Å². The molecule has 2 aromatic carbocycles. The Labute approximate surface area is 182 Å². The van der Waals surface area contributed by atoms with Crippen LogP contribution in [-0.2, 0) is 22.7 Å². The number of phenolic OH excluding ortho intramolecular Hbond substituents is 1. The molecule has 160 valence electrons. The lowest BCUT2D eigenvalue weighted by atomic mass is 10.0. The Bertz CT molecular complexity index is 1100. The van der Waals surface area contributed by atoms with Gasteiger partial charge >= 0.3 is 6.03 Å². The van der Waals surface area contributed by atoms with Gasteiger partial charge in [0.25, 0.3) is 5.91 Å². The second-order valence-corrected chi connectivity index (χ2v) is 7.77. The van der Waals surface area contributed by atoms with Crippen LogP contribution in [0.1, 0.15) is 34.3 Å². The third-order valence-electron chi connectivity index (χ3n) is 5.25. The molecule has 0 aliphatic carbocycles. The number of halogens is 1. The highest BCUT2D eigenvalue weighted by Gasteiger charge is 2.39. The lowest BCUT2D eigenvalue weighted by Gasteiger charge is -2.29. The van der Waals surface area contributed by atoms with Crippen LogP contribution in [0.15, 0.2) is 36.4 Å². The number of nitrogens with one attached hydrogen (secondary N) is 3. The number of aromatic hydroxyl groups is 1. The summed E-state index contributed by atoms with van der Waals surface area (Å²) in [6, 6.07) is 8.46. The van der Waals surface area contributed by atoms with E-state index in [2.05, 4.69) is 16.0 Å². The van der Waals surface area contributed by atoms with E-state index in [0.717, 1.165) is 11.1 Å². The number of hydrogen-bond acceptors (Lipinski definition) is 5. The Morgan fingerprint density at radius 3 is 2.74 bits per heavy atom. The van der Waals surface area contributed by atoms with Crippen molar-refractivity contribution in [2.24, 2.45) is 0 Å². The van der Waals surface area contributed by atoms with Gasteiger partial charge in [0.2, 0.25) is 11.8 Å². The number of benzene rings is 2. The van der Waals surface area contributed by atoms with E-state index in [9.17, 15) is 24.3 Å². The largest absolute Gasteiger partial charge is 0.506 e. The predicted molar refractivity (Wildman–Crippen MR) is 111 cm³/mol. The molecule has 2 aromatic rings. The minimum atomic E-state index is -0.666. The number of carbonyl (C=O) groups is 4. The van der Waals surface area contributed by atoms with Crippen LogP contribution in [0.2, 0.25) is 5.02 Å². The molecule has 0 radical (unpaired) electrons. The van der Waals surface area contributed by atoms with Gasteiger partial charge in [-0.1, -0.05) is 23.7 Å². The van der Waals surface area contributed by atoms with Crippen molar-refractivity contribution in [3.8, 4) is 5.75 Å². The van der Waals surface area contributed by atoms with Crippen LogP contribution in [0, 0.1) is 0 Å². The first-order valence-electron chi connectivity index (χ1n) is 9.61. The molecule has 1 atom stereocenters. The average molecular weight is 443 g/mol. The molecule has 9 nitrogen and oxygen atoms in total. The standard InChI is InChI=1S/C21H19ClN4O5/c22-15-4-2-13(8-17(15)27)24-21(31)23-9-11-1-3-14-12(7-11)10-26(20(14)30)16-5-6-18(28)25-19(16)29/h1-4,7-8,16,27H,5-6,9-10H2,(H2,23,24,31)(H,25,28,29). The summed E-state index contributed by atoms with van der Waals surface area (Å²) in [5, 5.41) is 17.4. The molecule has 2 aliphatic heterocycles. The van der Waals surface area contributed by atoms with Gasteiger partial charge in [0, 0.05) is 36.8 Å². The molecule has 0 bridgehead atoms. The smallest absolute Gasteiger partial charge is 0.319 e. The van der Waals surface area contributed by atoms with Crippen molar-refractivity contribution in [3.63, 3.8) is 0 Å². The maximum Gasteiger partial charge on any atom is 0.319 e. The molecule has 2 aliphatic rings. The summed E-state index contributed by atoms with van der Waals surface area (Å²) in [5.41, 5.74) is 2.44. The Morgan fingerprint density at radius 1 is 1.19 bits per heavy atom. The number of carbonyl (C=O) groups excluding carboxylic acids is 4. The second-order valence-electron chi connectivity index (χ2n) is 7.37. The molecule has 4 rings (SSSR count). The Balaban J connectivity index is 1.38. The average Bonchev–Trinajstić information content (AvgIpc) is 3.05. The van der Waals surface area contributed by atoms with E-state index < -0.39 is 18.0 Å². The lowest BCUT2D eigenvalue weighted by Crippen LogP contribution is -2.52. The quantitative estimate of drug-likeness (QED) is 0.539. The van der Waals surface area contributed by atoms with E-state index in [-0.39, 0.29) is 42.1 Å². The van der Waals surface area contributed by atoms with Crippen molar-refractivity contribution >= 4 is 41.0 Å². The van der Waals surface area contributed by atoms with Gasteiger partial charge in [0.05, 0.1) is 5.02 Å². The van der Waals surface area contributed by atoms with Gasteiger partial charge in [-0.2, -0.15) is 0 Å². The Morgan fingerprint density at radius 2 is 2.00 bits per heavy atom. The lowest BCUT2D eigenvalue weighted by molar-refractivity contribution is -0.136. The summed E-state index contributed by atoms with van der Waals surface area (Å²) in [4.78, 5) is 49.8. The first-order chi connectivity index (χ1) is 14.8. The number of urea groups is 1. The van der Waals surface area contributed by atoms with Gasteiger partial charge in [0.15, 0.2) is 0 Å².